The van der Waals surface area contributed by atoms with Crippen molar-refractivity contribution < 1.29 is 29.7 Å². The maximum atomic E-state index is 12.3. The Balaban J connectivity index is 0.000000159. The molecule has 0 aliphatic carbocycles. The van der Waals surface area contributed by atoms with Crippen LogP contribution >= 0.6 is 22.7 Å². The van der Waals surface area contributed by atoms with Crippen LogP contribution in [0.3, 0.4) is 0 Å². The fraction of sp³-hybridized carbons (Fsp3) is 0.259. The predicted molar refractivity (Wildman–Crippen MR) is 319 cm³/mol. The molecule has 0 saturated heterocycles. The molecule has 0 fully saturated rings. The van der Waals surface area contributed by atoms with Crippen LogP contribution in [-0.4, -0.2) is 121 Å². The molecule has 0 saturated carbocycles. The lowest BCUT2D eigenvalue weighted by Crippen LogP contribution is -2.42. The Morgan fingerprint density at radius 3 is 1.22 bits per heavy atom. The molecule has 0 unspecified atom stereocenters. The summed E-state index contributed by atoms with van der Waals surface area (Å²) < 4.78 is 7.82. The van der Waals surface area contributed by atoms with Gasteiger partial charge in [-0.2, -0.15) is 14.4 Å². The van der Waals surface area contributed by atoms with E-state index < -0.39 is 69.8 Å². The summed E-state index contributed by atoms with van der Waals surface area (Å²) >= 11 is 2.98. The largest absolute Gasteiger partial charge is 0.386 e. The predicted octanol–water partition coefficient (Wildman–Crippen LogP) is -1.71. The van der Waals surface area contributed by atoms with Gasteiger partial charge in [-0.3, -0.25) is 56.2 Å². The van der Waals surface area contributed by atoms with Crippen molar-refractivity contribution in [2.45, 2.75) is 71.4 Å². The molecule has 460 valence electrons. The summed E-state index contributed by atoms with van der Waals surface area (Å²) in [7, 11) is 3.75. The average molecular weight is 1250 g/mol. The van der Waals surface area contributed by atoms with Crippen LogP contribution in [0.5, 0.6) is 0 Å². The number of carbonyl (C=O) groups excluding carboxylic acids is 3. The second-order valence-corrected chi connectivity index (χ2v) is 22.4. The molecule has 0 radical (unpaired) electrons. The third-order valence-corrected chi connectivity index (χ3v) is 16.0. The number of aromatic nitrogens is 18. The first-order valence-electron chi connectivity index (χ1n) is 26.5. The highest BCUT2D eigenvalue weighted by Gasteiger charge is 2.21. The Labute approximate surface area is 506 Å². The smallest absolute Gasteiger partial charge is 0.331 e. The number of hydrogen-bond donors (Lipinski definition) is 6. The lowest BCUT2D eigenvalue weighted by atomic mass is 10.1. The molecule has 89 heavy (non-hydrogen) atoms. The van der Waals surface area contributed by atoms with Gasteiger partial charge in [0.25, 0.3) is 34.4 Å². The normalized spacial score (nSPS) is 12.3. The topological polar surface area (TPSA) is 453 Å². The zero-order valence-electron chi connectivity index (χ0n) is 47.8. The van der Waals surface area contributed by atoms with Crippen LogP contribution in [0, 0.1) is 13.8 Å². The maximum absolute atomic E-state index is 12.3. The third-order valence-electron chi connectivity index (χ3n) is 13.5. The number of tetrazole rings is 3. The highest BCUT2D eigenvalue weighted by atomic mass is 32.1. The Morgan fingerprint density at radius 1 is 0.472 bits per heavy atom. The Morgan fingerprint density at radius 2 is 0.831 bits per heavy atom. The minimum Gasteiger partial charge on any atom is -0.386 e. The lowest BCUT2D eigenvalue weighted by molar-refractivity contribution is 0.0988. The van der Waals surface area contributed by atoms with Crippen LogP contribution in [0.1, 0.15) is 93.3 Å². The minimum absolute atomic E-state index is 0.0742. The van der Waals surface area contributed by atoms with E-state index in [0.29, 0.717) is 5.56 Å². The van der Waals surface area contributed by atoms with Gasteiger partial charge in [-0.25, -0.2) is 14.4 Å². The monoisotopic (exact) mass is 1250 g/mol. The van der Waals surface area contributed by atoms with E-state index in [-0.39, 0.29) is 73.4 Å². The van der Waals surface area contributed by atoms with Gasteiger partial charge in [0.2, 0.25) is 0 Å². The molecule has 35 heteroatoms. The molecule has 0 spiro atoms. The Hall–Kier alpha value is -10.9. The van der Waals surface area contributed by atoms with Gasteiger partial charge >= 0.3 is 17.1 Å². The number of aryl methyl sites for hydroxylation is 2. The molecule has 3 atom stereocenters. The number of hydrogen-bond acceptors (Lipinski definition) is 23. The van der Waals surface area contributed by atoms with E-state index in [4.69, 9.17) is 17.2 Å². The molecule has 8 heterocycles. The highest BCUT2D eigenvalue weighted by Crippen LogP contribution is 2.32. The maximum Gasteiger partial charge on any atom is 0.331 e. The number of aliphatic hydroxyl groups is 3. The van der Waals surface area contributed by atoms with E-state index in [1.807, 2.05) is 86.6 Å². The van der Waals surface area contributed by atoms with Crippen molar-refractivity contribution in [1.29, 1.82) is 0 Å². The van der Waals surface area contributed by atoms with Gasteiger partial charge in [0.1, 0.15) is 35.0 Å². The summed E-state index contributed by atoms with van der Waals surface area (Å²) in [6.07, 6.45) is 0.758. The number of fused-ring (bicyclic) bond motifs is 2. The van der Waals surface area contributed by atoms with Crippen molar-refractivity contribution in [2.24, 2.45) is 38.3 Å². The van der Waals surface area contributed by atoms with Gasteiger partial charge in [-0.05, 0) is 75.7 Å². The number of rotatable bonds is 18. The van der Waals surface area contributed by atoms with E-state index in [9.17, 15) is 58.5 Å². The van der Waals surface area contributed by atoms with Gasteiger partial charge in [0.05, 0.1) is 39.3 Å². The molecule has 0 aliphatic heterocycles. The summed E-state index contributed by atoms with van der Waals surface area (Å²) in [6.45, 7) is 3.84. The molecule has 33 nitrogen and oxygen atoms in total. The van der Waals surface area contributed by atoms with E-state index >= 15 is 0 Å². The minimum atomic E-state index is -0.938. The van der Waals surface area contributed by atoms with Crippen molar-refractivity contribution in [3.05, 3.63) is 221 Å². The van der Waals surface area contributed by atoms with Gasteiger partial charge in [0.15, 0.2) is 17.5 Å². The average Bonchev–Trinajstić information content (AvgIpc) is 2.20. The first kappa shape index (κ1) is 62.6. The van der Waals surface area contributed by atoms with E-state index in [1.165, 1.54) is 58.2 Å². The molecule has 9 N–H and O–H groups in total. The first-order chi connectivity index (χ1) is 42.3. The second kappa shape index (κ2) is 26.4. The fourth-order valence-corrected chi connectivity index (χ4v) is 10.9. The van der Waals surface area contributed by atoms with Crippen molar-refractivity contribution in [2.75, 3.05) is 0 Å². The number of nitrogens with two attached hydrogens (primary N) is 3. The van der Waals surface area contributed by atoms with Gasteiger partial charge < -0.3 is 32.5 Å². The van der Waals surface area contributed by atoms with Gasteiger partial charge in [-0.15, -0.1) is 53.3 Å². The molecule has 11 rings (SSSR count). The summed E-state index contributed by atoms with van der Waals surface area (Å²) in [4.78, 5) is 112. The molecule has 3 amide bonds. The third kappa shape index (κ3) is 14.4. The van der Waals surface area contributed by atoms with Crippen molar-refractivity contribution in [3.63, 3.8) is 0 Å². The number of amides is 3. The van der Waals surface area contributed by atoms with Crippen molar-refractivity contribution >= 4 is 60.6 Å². The molecule has 0 bridgehead atoms. The molecular weight excluding hydrogens is 1200 g/mol. The Kier molecular flexibility index (Phi) is 18.6. The summed E-state index contributed by atoms with van der Waals surface area (Å²) in [5, 5.41) is 69.3. The van der Waals surface area contributed by atoms with Crippen LogP contribution in [0.4, 0.5) is 0 Å². The Bertz CT molecular complexity index is 4840. The SMILES string of the molecule is Cc1ccc([C@@H](O)Cn2nnc(Cn3cc(C(N)=O)c(=O)n(C)c3=O)n2)cc1.Cc1ccc2cc([C@@H](O)Cn3nnc(Cn4cc(C(N)=O)c(=O)n(C)c4=O)n3)sc2c1.Cn1c(=O)c(C(N)=O)cn(Cc2nnn(C[C@H](O)c3cc4ccccc4s3)n2)c1=O. The van der Waals surface area contributed by atoms with Crippen molar-refractivity contribution in [1.82, 2.24) is 88.0 Å². The fourth-order valence-electron chi connectivity index (χ4n) is 8.76. The number of aliphatic hydroxyl groups excluding tert-OH is 3. The van der Waals surface area contributed by atoms with Crippen LogP contribution < -0.4 is 50.9 Å². The number of primary amides is 3. The summed E-state index contributed by atoms with van der Waals surface area (Å²) in [5.74, 6) is -2.29. The van der Waals surface area contributed by atoms with E-state index in [0.717, 1.165) is 87.0 Å². The summed E-state index contributed by atoms with van der Waals surface area (Å²) in [6, 6.07) is 25.2. The van der Waals surface area contributed by atoms with Gasteiger partial charge in [-0.1, -0.05) is 60.2 Å². The van der Waals surface area contributed by atoms with Gasteiger partial charge in [0, 0.05) is 58.9 Å². The number of carbonyl (C=O) groups is 3. The van der Waals surface area contributed by atoms with Crippen LogP contribution in [0.15, 0.2) is 126 Å². The molecule has 3 aromatic carbocycles. The first-order valence-corrected chi connectivity index (χ1v) is 28.2. The molecule has 8 aromatic heterocycles. The zero-order valence-corrected chi connectivity index (χ0v) is 49.5. The van der Waals surface area contributed by atoms with Crippen LogP contribution in [-0.2, 0) is 60.4 Å². The van der Waals surface area contributed by atoms with Crippen molar-refractivity contribution in [3.8, 4) is 0 Å². The van der Waals surface area contributed by atoms with Crippen LogP contribution in [0.25, 0.3) is 20.2 Å². The van der Waals surface area contributed by atoms with E-state index in [2.05, 4.69) is 52.3 Å². The zero-order chi connectivity index (χ0) is 64.1. The standard InChI is InChI=1S/C19H19N7O4S.C18H17N7O4S.C17H19N7O4/c1-10-3-4-11-6-15(31-14(11)5-10)13(27)8-26-22-16(21-23-26)9-25-7-12(17(20)28)18(29)24(2)19(25)30;1-23-17(28)11(16(19)27)7-24(18(23)29)9-15-20-22-25(21-15)8-12(26)14-6-10-4-2-3-5-13(10)30-14;1-10-3-5-11(6-4-10)13(25)8-24-20-14(19-21-24)9-23-7-12(15(18)26)16(27)22(2)17(23)28/h3-7,13,27H,8-9H2,1-2H3,(H2,20,28);2-7,12,26H,8-9H2,1H3,(H2,19,27);3-7,13,25H,8-9H2,1-2H3,(H2,18,26)/t13-;12-;13-/m000/s1. The summed E-state index contributed by atoms with van der Waals surface area (Å²) in [5.41, 5.74) is 13.3. The lowest BCUT2D eigenvalue weighted by Gasteiger charge is -2.10. The number of thiophene rings is 2. The molecular formula is C54H55N21O12S2. The quantitative estimate of drug-likeness (QED) is 0.0557. The van der Waals surface area contributed by atoms with E-state index in [1.54, 1.807) is 0 Å². The second-order valence-electron chi connectivity index (χ2n) is 20.2. The number of nitrogens with zero attached hydrogens (tertiary/aromatic N) is 18. The number of benzene rings is 3. The molecule has 11 aromatic rings. The highest BCUT2D eigenvalue weighted by molar-refractivity contribution is 7.19. The molecule has 0 aliphatic rings. The van der Waals surface area contributed by atoms with Crippen LogP contribution in [0.2, 0.25) is 0 Å².